The van der Waals surface area contributed by atoms with Gasteiger partial charge in [0.15, 0.2) is 0 Å². The maximum absolute atomic E-state index is 12.7. The summed E-state index contributed by atoms with van der Waals surface area (Å²) in [4.78, 5) is 28.2. The molecule has 2 aromatic heterocycles. The van der Waals surface area contributed by atoms with Crippen molar-refractivity contribution in [2.24, 2.45) is 0 Å². The maximum Gasteiger partial charge on any atom is 0.274 e. The number of piperidine rings is 1. The molecule has 3 fully saturated rings. The summed E-state index contributed by atoms with van der Waals surface area (Å²) in [5.74, 6) is 0.194. The lowest BCUT2D eigenvalue weighted by Gasteiger charge is -2.40. The molecule has 0 radical (unpaired) electrons. The topological polar surface area (TPSA) is 64.6 Å². The first-order valence-electron chi connectivity index (χ1n) is 13.4. The summed E-state index contributed by atoms with van der Waals surface area (Å²) in [7, 11) is 0. The molecule has 1 saturated carbocycles. The van der Waals surface area contributed by atoms with Crippen molar-refractivity contribution in [1.29, 1.82) is 0 Å². The maximum atomic E-state index is 12.7. The monoisotopic (exact) mass is 450 g/mol. The minimum Gasteiger partial charge on any atom is -0.355 e. The third kappa shape index (κ3) is 5.53. The molecule has 1 N–H and O–H groups in total. The van der Waals surface area contributed by atoms with E-state index in [9.17, 15) is 4.79 Å². The van der Waals surface area contributed by atoms with Crippen LogP contribution in [0, 0.1) is 0 Å². The third-order valence-corrected chi connectivity index (χ3v) is 7.35. The lowest BCUT2D eigenvalue weighted by Crippen LogP contribution is -2.48. The lowest BCUT2D eigenvalue weighted by molar-refractivity contribution is 0.0884. The number of amides is 1. The Hall–Kier alpha value is -2.51. The molecule has 0 atom stereocenters. The van der Waals surface area contributed by atoms with E-state index in [1.807, 2.05) is 0 Å². The van der Waals surface area contributed by atoms with Crippen LogP contribution in [-0.4, -0.2) is 77.0 Å². The molecule has 0 unspecified atom stereocenters. The molecular formula is C26H36N6O. The van der Waals surface area contributed by atoms with Crippen LogP contribution in [0.5, 0.6) is 0 Å². The normalized spacial score (nSPS) is 24.2. The molecule has 176 valence electrons. The highest BCUT2D eigenvalue weighted by Gasteiger charge is 2.30. The Kier molecular flexibility index (Phi) is 6.40. The molecule has 1 aliphatic carbocycles. The molecule has 7 heteroatoms. The Morgan fingerprint density at radius 3 is 2.39 bits per heavy atom. The van der Waals surface area contributed by atoms with Crippen LogP contribution in [0.2, 0.25) is 0 Å². The van der Waals surface area contributed by atoms with Crippen LogP contribution in [0.25, 0.3) is 0 Å². The summed E-state index contributed by atoms with van der Waals surface area (Å²) < 4.78 is 17.6. The summed E-state index contributed by atoms with van der Waals surface area (Å²) in [6.45, 7) is 2.92. The van der Waals surface area contributed by atoms with Gasteiger partial charge in [-0.05, 0) is 69.5 Å². The van der Waals surface area contributed by atoms with E-state index >= 15 is 0 Å². The first-order valence-corrected chi connectivity index (χ1v) is 12.4. The van der Waals surface area contributed by atoms with Crippen LogP contribution in [0.4, 0.5) is 11.5 Å². The first-order chi connectivity index (χ1) is 17.0. The average Bonchev–Trinajstić information content (AvgIpc) is 3.36. The molecule has 33 heavy (non-hydrogen) atoms. The highest BCUT2D eigenvalue weighted by molar-refractivity contribution is 6.03. The van der Waals surface area contributed by atoms with E-state index in [1.165, 1.54) is 51.6 Å². The van der Waals surface area contributed by atoms with Crippen molar-refractivity contribution in [3.63, 3.8) is 0 Å². The Morgan fingerprint density at radius 2 is 1.61 bits per heavy atom. The van der Waals surface area contributed by atoms with Crippen molar-refractivity contribution >= 4 is 17.4 Å². The molecule has 7 nitrogen and oxygen atoms in total. The summed E-state index contributed by atoms with van der Waals surface area (Å²) >= 11 is 0. The standard InChI is InChI=1S/C26H36N6O/c33-26(28-21-9-13-27-14-10-21)24-7-3-8-25(29-24)32-16-4-15-30(19-20-32)23-11-17-31(18-12-23)22-5-1-2-6-22/h3,7-10,13-14,22-23H,1-2,4-6,11-12,15-20H2,(H,27,28,33)/i16D2. The largest absolute Gasteiger partial charge is 0.355 e. The number of nitrogens with one attached hydrogen (secondary N) is 1. The van der Waals surface area contributed by atoms with Gasteiger partial charge in [0.2, 0.25) is 0 Å². The molecule has 2 aromatic rings. The van der Waals surface area contributed by atoms with Crippen molar-refractivity contribution in [1.82, 2.24) is 19.8 Å². The SMILES string of the molecule is [2H]C1([2H])CCN(C2CCN(C3CCCC3)CC2)CCN1c1cccc(C(=O)Nc2ccncc2)n1. The Morgan fingerprint density at radius 1 is 0.879 bits per heavy atom. The van der Waals surface area contributed by atoms with E-state index in [1.54, 1.807) is 47.6 Å². The fourth-order valence-electron chi connectivity index (χ4n) is 5.52. The number of hydrogen-bond donors (Lipinski definition) is 1. The van der Waals surface area contributed by atoms with Crippen molar-refractivity contribution < 1.29 is 7.54 Å². The number of hydrogen-bond acceptors (Lipinski definition) is 6. The van der Waals surface area contributed by atoms with E-state index in [4.69, 9.17) is 2.74 Å². The molecule has 0 bridgehead atoms. The van der Waals surface area contributed by atoms with Crippen molar-refractivity contribution in [3.8, 4) is 0 Å². The van der Waals surface area contributed by atoms with Crippen LogP contribution in [-0.2, 0) is 0 Å². The second-order valence-electron chi connectivity index (χ2n) is 9.37. The van der Waals surface area contributed by atoms with Gasteiger partial charge in [0.25, 0.3) is 5.91 Å². The fourth-order valence-corrected chi connectivity index (χ4v) is 5.52. The third-order valence-electron chi connectivity index (χ3n) is 7.35. The Labute approximate surface area is 200 Å². The molecule has 0 spiro atoms. The zero-order chi connectivity index (χ0) is 24.3. The highest BCUT2D eigenvalue weighted by atomic mass is 16.1. The molecule has 1 amide bonds. The highest BCUT2D eigenvalue weighted by Crippen LogP contribution is 2.28. The van der Waals surface area contributed by atoms with Gasteiger partial charge in [-0.2, -0.15) is 0 Å². The van der Waals surface area contributed by atoms with E-state index in [0.717, 1.165) is 19.1 Å². The Balaban J connectivity index is 1.23. The van der Waals surface area contributed by atoms with Gasteiger partial charge in [0.1, 0.15) is 11.5 Å². The molecular weight excluding hydrogens is 412 g/mol. The van der Waals surface area contributed by atoms with Gasteiger partial charge in [0, 0.05) is 59.0 Å². The minimum atomic E-state index is -1.52. The molecule has 4 heterocycles. The summed E-state index contributed by atoms with van der Waals surface area (Å²) in [6, 6.07) is 10.0. The lowest BCUT2D eigenvalue weighted by atomic mass is 10.0. The smallest absolute Gasteiger partial charge is 0.274 e. The number of carbonyl (C=O) groups is 1. The number of aromatic nitrogens is 2. The molecule has 5 rings (SSSR count). The number of rotatable bonds is 5. The number of nitrogens with zero attached hydrogens (tertiary/aromatic N) is 5. The van der Waals surface area contributed by atoms with E-state index in [0.29, 0.717) is 30.5 Å². The molecule has 2 aliphatic heterocycles. The van der Waals surface area contributed by atoms with Crippen LogP contribution < -0.4 is 10.2 Å². The molecule has 3 aliphatic rings. The predicted molar refractivity (Wildman–Crippen MR) is 132 cm³/mol. The number of carbonyl (C=O) groups excluding carboxylic acids is 1. The second kappa shape index (κ2) is 10.6. The zero-order valence-corrected chi connectivity index (χ0v) is 19.3. The summed E-state index contributed by atoms with van der Waals surface area (Å²) in [5.41, 5.74) is 0.924. The summed E-state index contributed by atoms with van der Waals surface area (Å²) in [5, 5.41) is 2.83. The van der Waals surface area contributed by atoms with E-state index in [-0.39, 0.29) is 11.6 Å². The van der Waals surface area contributed by atoms with Gasteiger partial charge in [-0.3, -0.25) is 14.7 Å². The van der Waals surface area contributed by atoms with Crippen LogP contribution in [0.15, 0.2) is 42.7 Å². The first kappa shape index (κ1) is 19.9. The van der Waals surface area contributed by atoms with Crippen LogP contribution in [0.1, 0.15) is 58.2 Å². The van der Waals surface area contributed by atoms with E-state index < -0.39 is 6.50 Å². The van der Waals surface area contributed by atoms with Gasteiger partial charge in [-0.1, -0.05) is 18.9 Å². The van der Waals surface area contributed by atoms with Crippen molar-refractivity contribution in [2.75, 3.05) is 49.4 Å². The van der Waals surface area contributed by atoms with E-state index in [2.05, 4.69) is 25.1 Å². The van der Waals surface area contributed by atoms with Crippen LogP contribution in [0.3, 0.4) is 0 Å². The quantitative estimate of drug-likeness (QED) is 0.750. The number of likely N-dealkylation sites (tertiary alicyclic amines) is 1. The number of pyridine rings is 2. The second-order valence-corrected chi connectivity index (χ2v) is 9.37. The summed E-state index contributed by atoms with van der Waals surface area (Å²) in [6.07, 6.45) is 11.5. The fraction of sp³-hybridized carbons (Fsp3) is 0.577. The zero-order valence-electron chi connectivity index (χ0n) is 21.3. The molecule has 2 saturated heterocycles. The van der Waals surface area contributed by atoms with Crippen LogP contribution >= 0.6 is 0 Å². The number of anilines is 2. The van der Waals surface area contributed by atoms with Gasteiger partial charge < -0.3 is 15.1 Å². The van der Waals surface area contributed by atoms with Crippen molar-refractivity contribution in [3.05, 3.63) is 48.4 Å². The van der Waals surface area contributed by atoms with Gasteiger partial charge in [-0.15, -0.1) is 0 Å². The van der Waals surface area contributed by atoms with Gasteiger partial charge in [0.05, 0.1) is 0 Å². The minimum absolute atomic E-state index is 0.274. The average molecular weight is 451 g/mol. The van der Waals surface area contributed by atoms with Gasteiger partial charge in [-0.25, -0.2) is 4.98 Å². The van der Waals surface area contributed by atoms with Gasteiger partial charge >= 0.3 is 0 Å². The molecule has 0 aromatic carbocycles. The van der Waals surface area contributed by atoms with Crippen molar-refractivity contribution in [2.45, 2.75) is 57.0 Å². The Bertz CT molecular complexity index is 992. The predicted octanol–water partition coefficient (Wildman–Crippen LogP) is 3.65.